The average Bonchev–Trinajstić information content (AvgIpc) is 3.34. The molecular weight excluding hydrogens is 787 g/mol. The zero-order chi connectivity index (χ0) is 30.4. The zero-order valence-electron chi connectivity index (χ0n) is 21.3. The molecule has 0 atom stereocenters. The molecule has 2 aromatic heterocycles. The van der Waals surface area contributed by atoms with Crippen molar-refractivity contribution < 1.29 is 42.7 Å². The molecule has 0 unspecified atom stereocenters. The first-order valence-corrected chi connectivity index (χ1v) is 21.1. The van der Waals surface area contributed by atoms with Gasteiger partial charge in [0.1, 0.15) is 0 Å². The number of alkyl halides is 6. The van der Waals surface area contributed by atoms with Crippen molar-refractivity contribution in [2.75, 3.05) is 0 Å². The quantitative estimate of drug-likeness (QED) is 0.107. The van der Waals surface area contributed by atoms with Gasteiger partial charge < -0.3 is 6.92 Å². The summed E-state index contributed by atoms with van der Waals surface area (Å²) in [5.41, 5.74) is -3.52. The van der Waals surface area contributed by atoms with E-state index in [1.165, 1.54) is 51.6 Å². The van der Waals surface area contributed by atoms with Crippen molar-refractivity contribution in [2.24, 2.45) is 10.8 Å². The average molecular weight is 811 g/mol. The van der Waals surface area contributed by atoms with Crippen LogP contribution < -0.4 is 0 Å². The normalized spacial score (nSPS) is 12.2. The molecule has 0 bridgehead atoms. The van der Waals surface area contributed by atoms with Crippen LogP contribution in [0.4, 0.5) is 26.3 Å². The molecule has 4 aromatic rings. The minimum atomic E-state index is -4.19. The molecule has 0 aliphatic carbocycles. The molecule has 0 aliphatic heterocycles. The molecule has 212 valence electrons. The van der Waals surface area contributed by atoms with Gasteiger partial charge in [-0.15, -0.1) is 22.7 Å². The second kappa shape index (κ2) is 15.0. The molecule has 0 radical (unpaired) electrons. The minimum absolute atomic E-state index is 0.00648. The maximum absolute atomic E-state index is 12.8. The summed E-state index contributed by atoms with van der Waals surface area (Å²) in [5, 5.41) is 3.58. The third-order valence-corrected chi connectivity index (χ3v) is 8.31. The van der Waals surface area contributed by atoms with Gasteiger partial charge in [0.2, 0.25) is 0 Å². The summed E-state index contributed by atoms with van der Waals surface area (Å²) in [4.78, 5) is 0.731. The Morgan fingerprint density at radius 2 is 1.15 bits per heavy atom. The Bertz CT molecular complexity index is 1330. The molecule has 13 heteroatoms. The van der Waals surface area contributed by atoms with Crippen LogP contribution in [0, 0.1) is 17.8 Å². The van der Waals surface area contributed by atoms with Crippen molar-refractivity contribution >= 4 is 95.6 Å². The van der Waals surface area contributed by atoms with Gasteiger partial charge in [0.15, 0.2) is 0 Å². The van der Waals surface area contributed by atoms with E-state index in [1.807, 2.05) is 30.3 Å². The Hall–Kier alpha value is 0.103. The fraction of sp³-hybridized carbons (Fsp3) is 0.346. The van der Waals surface area contributed by atoms with Crippen LogP contribution in [0.3, 0.4) is 0 Å². The monoisotopic (exact) mass is 806 g/mol. The van der Waals surface area contributed by atoms with Gasteiger partial charge in [-0.05, 0) is 69.5 Å². The Morgan fingerprint density at radius 1 is 0.744 bits per heavy atom. The van der Waals surface area contributed by atoms with Crippen molar-refractivity contribution in [3.8, 4) is 0 Å². The molecule has 0 amide bonds. The summed E-state index contributed by atoms with van der Waals surface area (Å²) in [6.45, 7) is 7.44. The molecule has 0 nitrogen and oxygen atoms in total. The Labute approximate surface area is 267 Å². The molecule has 0 saturated heterocycles. The SMILES string of the molecule is CC(C)(Cc1cc2ccc(Cl)cc2s1)C(F)(F)F.Clc1ccc2cc(Br)sc2c1.[CH2-]C(C)(C)C(F)(F)F.[Zn+][Br]. The summed E-state index contributed by atoms with van der Waals surface area (Å²) in [5.74, 6) is 0. The van der Waals surface area contributed by atoms with Gasteiger partial charge in [0.25, 0.3) is 0 Å². The molecule has 4 rings (SSSR count). The summed E-state index contributed by atoms with van der Waals surface area (Å²) in [6.07, 6.45) is -8.37. The van der Waals surface area contributed by atoms with Crippen molar-refractivity contribution in [1.82, 2.24) is 0 Å². The van der Waals surface area contributed by atoms with Crippen molar-refractivity contribution in [3.05, 3.63) is 74.2 Å². The van der Waals surface area contributed by atoms with E-state index in [-0.39, 0.29) is 6.42 Å². The van der Waals surface area contributed by atoms with Crippen molar-refractivity contribution in [3.63, 3.8) is 0 Å². The number of hydrogen-bond acceptors (Lipinski definition) is 2. The number of hydrogen-bond donors (Lipinski definition) is 0. The van der Waals surface area contributed by atoms with Gasteiger partial charge in [0, 0.05) is 24.3 Å². The Morgan fingerprint density at radius 3 is 1.56 bits per heavy atom. The van der Waals surface area contributed by atoms with E-state index in [4.69, 9.17) is 23.2 Å². The van der Waals surface area contributed by atoms with Crippen LogP contribution in [0.15, 0.2) is 52.3 Å². The Balaban J connectivity index is 0.000000309. The van der Waals surface area contributed by atoms with Gasteiger partial charge in [0.05, 0.1) is 9.20 Å². The third kappa shape index (κ3) is 11.7. The predicted octanol–water partition coefficient (Wildman–Crippen LogP) is 13.3. The van der Waals surface area contributed by atoms with E-state index < -0.39 is 23.2 Å². The van der Waals surface area contributed by atoms with E-state index in [0.717, 1.165) is 37.6 Å². The molecule has 0 N–H and O–H groups in total. The molecule has 0 aliphatic rings. The van der Waals surface area contributed by atoms with Crippen LogP contribution in [0.1, 0.15) is 32.6 Å². The van der Waals surface area contributed by atoms with Gasteiger partial charge >= 0.3 is 42.3 Å². The van der Waals surface area contributed by atoms with Crippen LogP contribution in [0.5, 0.6) is 0 Å². The van der Waals surface area contributed by atoms with Crippen LogP contribution in [0.25, 0.3) is 20.2 Å². The standard InChI is InChI=1S/C13H12ClF3S.C8H4BrClS.C5H8F3.BrH.Zn/c1-12(2,13(15,16)17)7-10-5-8-3-4-9(14)6-11(8)18-10;9-8-3-5-1-2-6(10)4-7(5)11-8;1-4(2,3)5(6,7)8;;/h3-6H,7H2,1-2H3;1-4H;1H2,2-3H3;1H;/q;;-1;;+2/p-1. The van der Waals surface area contributed by atoms with E-state index in [1.54, 1.807) is 23.5 Å². The summed E-state index contributed by atoms with van der Waals surface area (Å²) < 4.78 is 76.3. The number of benzene rings is 2. The second-order valence-electron chi connectivity index (χ2n) is 9.57. The first-order chi connectivity index (χ1) is 17.7. The number of thiophene rings is 2. The van der Waals surface area contributed by atoms with Crippen molar-refractivity contribution in [1.29, 1.82) is 0 Å². The number of halogens is 10. The molecule has 39 heavy (non-hydrogen) atoms. The zero-order valence-corrected chi connectivity index (χ0v) is 30.6. The summed E-state index contributed by atoms with van der Waals surface area (Å²) >= 11 is 22.4. The summed E-state index contributed by atoms with van der Waals surface area (Å²) in [7, 11) is 0. The van der Waals surface area contributed by atoms with Gasteiger partial charge in [-0.2, -0.15) is 26.3 Å². The van der Waals surface area contributed by atoms with Crippen LogP contribution in [-0.2, 0) is 22.8 Å². The first kappa shape index (κ1) is 37.1. The second-order valence-corrected chi connectivity index (χ2v) is 14.1. The van der Waals surface area contributed by atoms with E-state index in [9.17, 15) is 26.3 Å². The third-order valence-electron chi connectivity index (χ3n) is 5.14. The molecule has 0 fully saturated rings. The molecular formula is C26H24Br2Cl2F6S2Zn. The number of rotatable bonds is 2. The van der Waals surface area contributed by atoms with Crippen LogP contribution >= 0.6 is 75.4 Å². The predicted molar refractivity (Wildman–Crippen MR) is 159 cm³/mol. The Kier molecular flexibility index (Phi) is 14.3. The van der Waals surface area contributed by atoms with E-state index >= 15 is 0 Å². The first-order valence-electron chi connectivity index (χ1n) is 11.0. The van der Waals surface area contributed by atoms with Gasteiger partial charge in [-0.3, -0.25) is 0 Å². The van der Waals surface area contributed by atoms with Crippen LogP contribution in [0.2, 0.25) is 10.0 Å². The van der Waals surface area contributed by atoms with Gasteiger partial charge in [-0.25, -0.2) is 0 Å². The van der Waals surface area contributed by atoms with Crippen LogP contribution in [-0.4, -0.2) is 12.4 Å². The fourth-order valence-electron chi connectivity index (χ4n) is 2.66. The molecule has 0 spiro atoms. The van der Waals surface area contributed by atoms with Crippen molar-refractivity contribution in [2.45, 2.75) is 46.5 Å². The van der Waals surface area contributed by atoms with E-state index in [0.29, 0.717) is 5.02 Å². The van der Waals surface area contributed by atoms with E-state index in [2.05, 4.69) is 42.5 Å². The topological polar surface area (TPSA) is 0 Å². The summed E-state index contributed by atoms with van der Waals surface area (Å²) in [6, 6.07) is 15.2. The van der Waals surface area contributed by atoms with Gasteiger partial charge in [-0.1, -0.05) is 68.4 Å². The molecule has 0 saturated carbocycles. The fourth-order valence-corrected chi connectivity index (χ4v) is 6.06. The number of fused-ring (bicyclic) bond motifs is 2. The molecule has 2 heterocycles. The maximum atomic E-state index is 12.8. The molecule has 2 aromatic carbocycles.